The average Bonchev–Trinajstić information content (AvgIpc) is 2.35. The number of benzene rings is 1. The van der Waals surface area contributed by atoms with Crippen LogP contribution in [0, 0.1) is 5.82 Å². The van der Waals surface area contributed by atoms with Gasteiger partial charge in [0, 0.05) is 0 Å². The van der Waals surface area contributed by atoms with E-state index >= 15 is 0 Å². The fourth-order valence-corrected chi connectivity index (χ4v) is 1.53. The summed E-state index contributed by atoms with van der Waals surface area (Å²) in [5.41, 5.74) is 5.71. The highest BCUT2D eigenvalue weighted by Gasteiger charge is 2.14. The van der Waals surface area contributed by atoms with Gasteiger partial charge in [0.2, 0.25) is 0 Å². The van der Waals surface area contributed by atoms with E-state index in [4.69, 9.17) is 17.3 Å². The van der Waals surface area contributed by atoms with Gasteiger partial charge in [-0.2, -0.15) is 0 Å². The first kappa shape index (κ1) is 12.3. The van der Waals surface area contributed by atoms with Crippen molar-refractivity contribution in [1.29, 1.82) is 0 Å². The fraction of sp³-hybridized carbons (Fsp3) is 0. The maximum Gasteiger partial charge on any atom is 0.258 e. The smallest absolute Gasteiger partial charge is 0.258 e. The minimum absolute atomic E-state index is 0.0990. The first-order valence-electron chi connectivity index (χ1n) is 5.05. The first-order valence-corrected chi connectivity index (χ1v) is 5.42. The Morgan fingerprint density at radius 1 is 1.33 bits per heavy atom. The zero-order valence-electron chi connectivity index (χ0n) is 9.15. The summed E-state index contributed by atoms with van der Waals surface area (Å²) in [6.45, 7) is 0. The van der Waals surface area contributed by atoms with Gasteiger partial charge in [0.15, 0.2) is 5.82 Å². The Morgan fingerprint density at radius 2 is 2.11 bits per heavy atom. The maximum absolute atomic E-state index is 13.6. The van der Waals surface area contributed by atoms with Crippen molar-refractivity contribution in [2.45, 2.75) is 0 Å². The van der Waals surface area contributed by atoms with Crippen LogP contribution in [0.2, 0.25) is 5.02 Å². The lowest BCUT2D eigenvalue weighted by atomic mass is 10.2. The van der Waals surface area contributed by atoms with Crippen LogP contribution in [0.1, 0.15) is 10.4 Å². The number of amides is 1. The van der Waals surface area contributed by atoms with Gasteiger partial charge in [-0.05, 0) is 24.3 Å². The van der Waals surface area contributed by atoms with Crippen LogP contribution in [0.15, 0.2) is 36.5 Å². The van der Waals surface area contributed by atoms with Crippen molar-refractivity contribution in [2.24, 2.45) is 0 Å². The summed E-state index contributed by atoms with van der Waals surface area (Å²) in [6, 6.07) is 7.33. The van der Waals surface area contributed by atoms with E-state index < -0.39 is 11.7 Å². The SMILES string of the molecule is Nc1ccc(NC(=O)c2cccc(Cl)c2F)cn1. The van der Waals surface area contributed by atoms with Crippen molar-refractivity contribution >= 4 is 29.0 Å². The lowest BCUT2D eigenvalue weighted by Crippen LogP contribution is -2.14. The highest BCUT2D eigenvalue weighted by atomic mass is 35.5. The molecule has 0 fully saturated rings. The van der Waals surface area contributed by atoms with E-state index in [2.05, 4.69) is 10.3 Å². The Bertz CT molecular complexity index is 586. The van der Waals surface area contributed by atoms with Crippen LogP contribution in [0.3, 0.4) is 0 Å². The molecule has 0 unspecified atom stereocenters. The molecule has 0 spiro atoms. The molecule has 0 aliphatic carbocycles. The highest BCUT2D eigenvalue weighted by molar-refractivity contribution is 6.31. The number of aromatic nitrogens is 1. The molecule has 0 atom stereocenters. The Morgan fingerprint density at radius 3 is 2.78 bits per heavy atom. The molecule has 0 aliphatic heterocycles. The van der Waals surface area contributed by atoms with Gasteiger partial charge in [-0.15, -0.1) is 0 Å². The average molecular weight is 266 g/mol. The van der Waals surface area contributed by atoms with Crippen molar-refractivity contribution in [2.75, 3.05) is 11.1 Å². The molecule has 6 heteroatoms. The van der Waals surface area contributed by atoms with Gasteiger partial charge in [0.1, 0.15) is 5.82 Å². The minimum atomic E-state index is -0.750. The summed E-state index contributed by atoms with van der Waals surface area (Å²) < 4.78 is 13.6. The molecule has 1 heterocycles. The topological polar surface area (TPSA) is 68.0 Å². The number of pyridine rings is 1. The molecule has 18 heavy (non-hydrogen) atoms. The Kier molecular flexibility index (Phi) is 3.43. The van der Waals surface area contributed by atoms with E-state index in [0.717, 1.165) is 0 Å². The van der Waals surface area contributed by atoms with E-state index in [-0.39, 0.29) is 10.6 Å². The number of carbonyl (C=O) groups is 1. The van der Waals surface area contributed by atoms with Crippen LogP contribution < -0.4 is 11.1 Å². The summed E-state index contributed by atoms with van der Waals surface area (Å²) >= 11 is 5.60. The number of nitrogen functional groups attached to an aromatic ring is 1. The maximum atomic E-state index is 13.6. The standard InChI is InChI=1S/C12H9ClFN3O/c13-9-3-1-2-8(11(9)14)12(18)17-7-4-5-10(15)16-6-7/h1-6H,(H2,15,16)(H,17,18). The van der Waals surface area contributed by atoms with Gasteiger partial charge in [-0.25, -0.2) is 9.37 Å². The molecule has 4 nitrogen and oxygen atoms in total. The predicted octanol–water partition coefficient (Wildman–Crippen LogP) is 2.71. The van der Waals surface area contributed by atoms with E-state index in [1.165, 1.54) is 30.5 Å². The molecule has 0 aliphatic rings. The largest absolute Gasteiger partial charge is 0.384 e. The van der Waals surface area contributed by atoms with E-state index in [9.17, 15) is 9.18 Å². The molecule has 2 rings (SSSR count). The van der Waals surface area contributed by atoms with Crippen molar-refractivity contribution in [3.63, 3.8) is 0 Å². The van der Waals surface area contributed by atoms with Gasteiger partial charge in [0.05, 0.1) is 22.5 Å². The lowest BCUT2D eigenvalue weighted by molar-refractivity contribution is 0.102. The monoisotopic (exact) mass is 265 g/mol. The third-order valence-electron chi connectivity index (χ3n) is 2.24. The first-order chi connectivity index (χ1) is 8.58. The number of hydrogen-bond acceptors (Lipinski definition) is 3. The van der Waals surface area contributed by atoms with E-state index in [1.54, 1.807) is 6.07 Å². The Hall–Kier alpha value is -2.14. The molecule has 0 radical (unpaired) electrons. The second-order valence-electron chi connectivity index (χ2n) is 3.53. The van der Waals surface area contributed by atoms with Crippen LogP contribution in [0.4, 0.5) is 15.9 Å². The highest BCUT2D eigenvalue weighted by Crippen LogP contribution is 2.19. The number of nitrogens with zero attached hydrogens (tertiary/aromatic N) is 1. The van der Waals surface area contributed by atoms with Crippen molar-refractivity contribution in [3.05, 3.63) is 52.9 Å². The molecule has 2 aromatic rings. The van der Waals surface area contributed by atoms with Crippen LogP contribution in [0.5, 0.6) is 0 Å². The number of halogens is 2. The van der Waals surface area contributed by atoms with E-state index in [1.807, 2.05) is 0 Å². The normalized spacial score (nSPS) is 10.1. The van der Waals surface area contributed by atoms with E-state index in [0.29, 0.717) is 11.5 Å². The lowest BCUT2D eigenvalue weighted by Gasteiger charge is -2.06. The van der Waals surface area contributed by atoms with Gasteiger partial charge in [-0.1, -0.05) is 17.7 Å². The molecule has 1 amide bonds. The summed E-state index contributed by atoms with van der Waals surface area (Å²) in [6.07, 6.45) is 1.38. The summed E-state index contributed by atoms with van der Waals surface area (Å²) in [4.78, 5) is 15.6. The molecular formula is C12H9ClFN3O. The molecule has 3 N–H and O–H groups in total. The number of nitrogens with two attached hydrogens (primary N) is 1. The van der Waals surface area contributed by atoms with Crippen LogP contribution >= 0.6 is 11.6 Å². The van der Waals surface area contributed by atoms with Gasteiger partial charge in [0.25, 0.3) is 5.91 Å². The third-order valence-corrected chi connectivity index (χ3v) is 2.53. The zero-order chi connectivity index (χ0) is 13.1. The Labute approximate surface area is 108 Å². The number of carbonyl (C=O) groups excluding carboxylic acids is 1. The summed E-state index contributed by atoms with van der Waals surface area (Å²) in [7, 11) is 0. The summed E-state index contributed by atoms with van der Waals surface area (Å²) in [5, 5.41) is 2.40. The third kappa shape index (κ3) is 2.57. The van der Waals surface area contributed by atoms with Gasteiger partial charge >= 0.3 is 0 Å². The predicted molar refractivity (Wildman–Crippen MR) is 68.0 cm³/mol. The van der Waals surface area contributed by atoms with Crippen LogP contribution in [-0.4, -0.2) is 10.9 Å². The number of hydrogen-bond donors (Lipinski definition) is 2. The number of rotatable bonds is 2. The molecule has 1 aromatic heterocycles. The fourth-order valence-electron chi connectivity index (χ4n) is 1.36. The molecule has 1 aromatic carbocycles. The zero-order valence-corrected chi connectivity index (χ0v) is 9.91. The van der Waals surface area contributed by atoms with Crippen molar-refractivity contribution < 1.29 is 9.18 Å². The van der Waals surface area contributed by atoms with Crippen LogP contribution in [-0.2, 0) is 0 Å². The molecule has 0 saturated carbocycles. The van der Waals surface area contributed by atoms with Gasteiger partial charge in [-0.3, -0.25) is 4.79 Å². The summed E-state index contributed by atoms with van der Waals surface area (Å²) in [5.74, 6) is -1.01. The molecule has 0 saturated heterocycles. The molecular weight excluding hydrogens is 257 g/mol. The minimum Gasteiger partial charge on any atom is -0.384 e. The number of anilines is 2. The van der Waals surface area contributed by atoms with Crippen molar-refractivity contribution in [1.82, 2.24) is 4.98 Å². The van der Waals surface area contributed by atoms with Crippen LogP contribution in [0.25, 0.3) is 0 Å². The second-order valence-corrected chi connectivity index (χ2v) is 3.93. The molecule has 92 valence electrons. The Balaban J connectivity index is 2.22. The second kappa shape index (κ2) is 5.01. The molecule has 0 bridgehead atoms. The number of nitrogens with one attached hydrogen (secondary N) is 1. The van der Waals surface area contributed by atoms with Gasteiger partial charge < -0.3 is 11.1 Å². The van der Waals surface area contributed by atoms with Crippen molar-refractivity contribution in [3.8, 4) is 0 Å². The quantitative estimate of drug-likeness (QED) is 0.877.